The van der Waals surface area contributed by atoms with E-state index in [1.165, 1.54) is 18.9 Å². The number of rotatable bonds is 2. The summed E-state index contributed by atoms with van der Waals surface area (Å²) in [7, 11) is 1.97. The molecule has 0 radical (unpaired) electrons. The number of anilines is 2. The van der Waals surface area contributed by atoms with Gasteiger partial charge in [0.25, 0.3) is 0 Å². The summed E-state index contributed by atoms with van der Waals surface area (Å²) in [5.41, 5.74) is 7.31. The highest BCUT2D eigenvalue weighted by Crippen LogP contribution is 2.34. The molecule has 1 aromatic carbocycles. The van der Waals surface area contributed by atoms with E-state index in [2.05, 4.69) is 4.90 Å². The van der Waals surface area contributed by atoms with Crippen LogP contribution in [0.25, 0.3) is 0 Å². The molecule has 2 rings (SSSR count). The Balaban J connectivity index is 2.36. The molecule has 1 saturated carbocycles. The average Bonchev–Trinajstić information content (AvgIpc) is 2.93. The predicted octanol–water partition coefficient (Wildman–Crippen LogP) is 2.61. The molecule has 2 N–H and O–H groups in total. The third kappa shape index (κ3) is 1.80. The first-order valence-corrected chi connectivity index (χ1v) is 5.65. The second-order valence-corrected chi connectivity index (χ2v) is 4.83. The van der Waals surface area contributed by atoms with Gasteiger partial charge in [-0.2, -0.15) is 0 Å². The summed E-state index contributed by atoms with van der Waals surface area (Å²) >= 11 is 1.95. The van der Waals surface area contributed by atoms with Crippen LogP contribution in [0.1, 0.15) is 12.8 Å². The molecule has 0 aliphatic heterocycles. The molecule has 0 atom stereocenters. The lowest BCUT2D eigenvalue weighted by Gasteiger charge is -2.20. The molecule has 1 aromatic rings. The third-order valence-electron chi connectivity index (χ3n) is 2.54. The van der Waals surface area contributed by atoms with Crippen LogP contribution in [0.15, 0.2) is 12.1 Å². The van der Waals surface area contributed by atoms with Crippen molar-refractivity contribution in [2.75, 3.05) is 17.7 Å². The van der Waals surface area contributed by atoms with Gasteiger partial charge in [-0.15, -0.1) is 0 Å². The number of nitrogens with two attached hydrogens (primary N) is 1. The van der Waals surface area contributed by atoms with Crippen LogP contribution in [0.4, 0.5) is 15.8 Å². The van der Waals surface area contributed by atoms with E-state index in [1.54, 1.807) is 6.07 Å². The summed E-state index contributed by atoms with van der Waals surface area (Å²) < 4.78 is 13.9. The largest absolute Gasteiger partial charge is 0.397 e. The molecule has 2 nitrogen and oxygen atoms in total. The first-order chi connectivity index (χ1) is 6.59. The van der Waals surface area contributed by atoms with Crippen molar-refractivity contribution in [2.45, 2.75) is 18.9 Å². The maximum atomic E-state index is 13.3. The van der Waals surface area contributed by atoms with Crippen LogP contribution in [0.3, 0.4) is 0 Å². The van der Waals surface area contributed by atoms with Crippen LogP contribution in [0, 0.1) is 9.39 Å². The molecule has 4 heteroatoms. The fourth-order valence-corrected chi connectivity index (χ4v) is 2.01. The Hall–Kier alpha value is -0.520. The Morgan fingerprint density at radius 2 is 2.14 bits per heavy atom. The Kier molecular flexibility index (Phi) is 2.55. The van der Waals surface area contributed by atoms with Crippen molar-refractivity contribution in [1.29, 1.82) is 0 Å². The molecule has 14 heavy (non-hydrogen) atoms. The zero-order valence-corrected chi connectivity index (χ0v) is 10.1. The highest BCUT2D eigenvalue weighted by atomic mass is 127. The Bertz CT molecular complexity index is 363. The average molecular weight is 306 g/mol. The number of nitrogens with zero attached hydrogens (tertiary/aromatic N) is 1. The van der Waals surface area contributed by atoms with Crippen molar-refractivity contribution in [3.8, 4) is 0 Å². The van der Waals surface area contributed by atoms with Crippen LogP contribution in [-0.4, -0.2) is 13.1 Å². The highest BCUT2D eigenvalue weighted by Gasteiger charge is 2.27. The van der Waals surface area contributed by atoms with Gasteiger partial charge in [-0.1, -0.05) is 0 Å². The van der Waals surface area contributed by atoms with Gasteiger partial charge in [-0.05, 0) is 41.5 Å². The van der Waals surface area contributed by atoms with Crippen LogP contribution < -0.4 is 10.6 Å². The summed E-state index contributed by atoms with van der Waals surface area (Å²) in [5, 5.41) is 0. The lowest BCUT2D eigenvalue weighted by atomic mass is 10.2. The highest BCUT2D eigenvalue weighted by molar-refractivity contribution is 14.1. The number of hydrogen-bond donors (Lipinski definition) is 1. The quantitative estimate of drug-likeness (QED) is 0.672. The minimum absolute atomic E-state index is 0.192. The van der Waals surface area contributed by atoms with Crippen molar-refractivity contribution in [3.05, 3.63) is 21.5 Å². The Morgan fingerprint density at radius 3 is 2.71 bits per heavy atom. The standard InChI is InChI=1S/C10H12FIN2/c1-14(6-2-3-6)10-4-7(11)8(12)5-9(10)13/h4-6H,2-3,13H2,1H3. The van der Waals surface area contributed by atoms with E-state index in [-0.39, 0.29) is 5.82 Å². The third-order valence-corrected chi connectivity index (χ3v) is 3.37. The van der Waals surface area contributed by atoms with Gasteiger partial charge in [-0.3, -0.25) is 0 Å². The molecule has 0 amide bonds. The SMILES string of the molecule is CN(c1cc(F)c(I)cc1N)C1CC1. The van der Waals surface area contributed by atoms with Crippen LogP contribution in [0.2, 0.25) is 0 Å². The second-order valence-electron chi connectivity index (χ2n) is 3.67. The zero-order valence-electron chi connectivity index (χ0n) is 7.93. The van der Waals surface area contributed by atoms with Crippen molar-refractivity contribution in [3.63, 3.8) is 0 Å². The van der Waals surface area contributed by atoms with E-state index < -0.39 is 0 Å². The van der Waals surface area contributed by atoms with E-state index in [0.717, 1.165) is 5.69 Å². The maximum Gasteiger partial charge on any atom is 0.138 e. The van der Waals surface area contributed by atoms with Gasteiger partial charge < -0.3 is 10.6 Å². The molecular weight excluding hydrogens is 294 g/mol. The normalized spacial score (nSPS) is 15.6. The van der Waals surface area contributed by atoms with E-state index >= 15 is 0 Å². The summed E-state index contributed by atoms with van der Waals surface area (Å²) in [6.07, 6.45) is 2.37. The molecule has 0 unspecified atom stereocenters. The topological polar surface area (TPSA) is 29.3 Å². The van der Waals surface area contributed by atoms with E-state index in [0.29, 0.717) is 15.3 Å². The summed E-state index contributed by atoms with van der Waals surface area (Å²) in [6, 6.07) is 3.76. The molecule has 1 fully saturated rings. The van der Waals surface area contributed by atoms with E-state index in [1.807, 2.05) is 29.6 Å². The van der Waals surface area contributed by atoms with Crippen LogP contribution in [0.5, 0.6) is 0 Å². The monoisotopic (exact) mass is 306 g/mol. The summed E-state index contributed by atoms with van der Waals surface area (Å²) in [5.74, 6) is -0.192. The number of nitrogen functional groups attached to an aromatic ring is 1. The maximum absolute atomic E-state index is 13.3. The van der Waals surface area contributed by atoms with Gasteiger partial charge in [0.05, 0.1) is 14.9 Å². The van der Waals surface area contributed by atoms with Crippen molar-refractivity contribution >= 4 is 34.0 Å². The minimum atomic E-state index is -0.192. The lowest BCUT2D eigenvalue weighted by molar-refractivity contribution is 0.620. The van der Waals surface area contributed by atoms with Crippen molar-refractivity contribution in [2.24, 2.45) is 0 Å². The van der Waals surface area contributed by atoms with Gasteiger partial charge >= 0.3 is 0 Å². The molecule has 0 aromatic heterocycles. The van der Waals surface area contributed by atoms with Gasteiger partial charge in [0.15, 0.2) is 0 Å². The molecule has 1 aliphatic rings. The number of benzene rings is 1. The van der Waals surface area contributed by atoms with Gasteiger partial charge in [0.1, 0.15) is 5.82 Å². The second kappa shape index (κ2) is 3.56. The molecule has 0 bridgehead atoms. The first kappa shape index (κ1) is 10.0. The molecule has 76 valence electrons. The Labute approximate surface area is 96.4 Å². The predicted molar refractivity (Wildman–Crippen MR) is 65.0 cm³/mol. The van der Waals surface area contributed by atoms with Crippen LogP contribution >= 0.6 is 22.6 Å². The van der Waals surface area contributed by atoms with Gasteiger partial charge in [0, 0.05) is 19.2 Å². The first-order valence-electron chi connectivity index (χ1n) is 4.57. The molecule has 0 saturated heterocycles. The minimum Gasteiger partial charge on any atom is -0.397 e. The molecule has 0 spiro atoms. The molecular formula is C10H12FIN2. The Morgan fingerprint density at radius 1 is 1.50 bits per heavy atom. The summed E-state index contributed by atoms with van der Waals surface area (Å²) in [6.45, 7) is 0. The number of halogens is 2. The van der Waals surface area contributed by atoms with E-state index in [9.17, 15) is 4.39 Å². The van der Waals surface area contributed by atoms with Crippen molar-refractivity contribution in [1.82, 2.24) is 0 Å². The fraction of sp³-hybridized carbons (Fsp3) is 0.400. The fourth-order valence-electron chi connectivity index (χ4n) is 1.52. The molecule has 1 aliphatic carbocycles. The summed E-state index contributed by atoms with van der Waals surface area (Å²) in [4.78, 5) is 2.06. The lowest BCUT2D eigenvalue weighted by Crippen LogP contribution is -2.21. The van der Waals surface area contributed by atoms with Gasteiger partial charge in [0.2, 0.25) is 0 Å². The smallest absolute Gasteiger partial charge is 0.138 e. The van der Waals surface area contributed by atoms with Gasteiger partial charge in [-0.25, -0.2) is 4.39 Å². The van der Waals surface area contributed by atoms with Crippen LogP contribution in [-0.2, 0) is 0 Å². The number of hydrogen-bond acceptors (Lipinski definition) is 2. The van der Waals surface area contributed by atoms with Crippen molar-refractivity contribution < 1.29 is 4.39 Å². The van der Waals surface area contributed by atoms with E-state index in [4.69, 9.17) is 5.73 Å². The zero-order chi connectivity index (χ0) is 10.3. The molecule has 0 heterocycles.